The standard InChI is InChI=1S/C23H24O4/c1-15(13-19(24)21-14-18-7-5-6-8-20(18)26-21)16-9-11-17(12-10-16)22(25)27-23(2,3)4/h5-12,14-15H,13H2,1-4H3/t15-/m0/s1. The smallest absolute Gasteiger partial charge is 0.338 e. The Morgan fingerprint density at radius 3 is 2.33 bits per heavy atom. The number of fused-ring (bicyclic) bond motifs is 1. The second kappa shape index (κ2) is 7.39. The first kappa shape index (κ1) is 18.9. The first-order valence-corrected chi connectivity index (χ1v) is 9.08. The minimum atomic E-state index is -0.526. The van der Waals surface area contributed by atoms with Crippen molar-refractivity contribution in [3.8, 4) is 0 Å². The van der Waals surface area contributed by atoms with Crippen LogP contribution in [0.3, 0.4) is 0 Å². The number of carbonyl (C=O) groups excluding carboxylic acids is 2. The van der Waals surface area contributed by atoms with E-state index in [1.165, 1.54) is 0 Å². The van der Waals surface area contributed by atoms with Gasteiger partial charge in [0.1, 0.15) is 11.2 Å². The van der Waals surface area contributed by atoms with Gasteiger partial charge in [0.15, 0.2) is 11.5 Å². The molecule has 0 aliphatic rings. The third kappa shape index (κ3) is 4.64. The van der Waals surface area contributed by atoms with Gasteiger partial charge >= 0.3 is 5.97 Å². The lowest BCUT2D eigenvalue weighted by Gasteiger charge is -2.19. The normalized spacial score (nSPS) is 12.7. The van der Waals surface area contributed by atoms with Crippen molar-refractivity contribution in [2.75, 3.05) is 0 Å². The van der Waals surface area contributed by atoms with Crippen LogP contribution in [0.2, 0.25) is 0 Å². The fourth-order valence-corrected chi connectivity index (χ4v) is 2.90. The Hall–Kier alpha value is -2.88. The molecule has 3 rings (SSSR count). The van der Waals surface area contributed by atoms with Gasteiger partial charge in [0.25, 0.3) is 0 Å². The SMILES string of the molecule is C[C@@H](CC(=O)c1cc2ccccc2o1)c1ccc(C(=O)OC(C)(C)C)cc1. The maximum absolute atomic E-state index is 12.6. The highest BCUT2D eigenvalue weighted by atomic mass is 16.6. The van der Waals surface area contributed by atoms with Gasteiger partial charge in [-0.25, -0.2) is 4.79 Å². The third-order valence-corrected chi connectivity index (χ3v) is 4.31. The zero-order valence-corrected chi connectivity index (χ0v) is 16.1. The summed E-state index contributed by atoms with van der Waals surface area (Å²) in [6.45, 7) is 7.50. The molecule has 1 aromatic heterocycles. The van der Waals surface area contributed by atoms with Crippen LogP contribution in [0.1, 0.15) is 66.5 Å². The van der Waals surface area contributed by atoms with Crippen LogP contribution in [-0.4, -0.2) is 17.4 Å². The average molecular weight is 364 g/mol. The minimum absolute atomic E-state index is 0.0124. The molecule has 27 heavy (non-hydrogen) atoms. The average Bonchev–Trinajstić information content (AvgIpc) is 3.04. The molecular weight excluding hydrogens is 340 g/mol. The molecule has 0 aliphatic carbocycles. The number of hydrogen-bond donors (Lipinski definition) is 0. The molecule has 0 saturated carbocycles. The molecule has 0 unspecified atom stereocenters. The summed E-state index contributed by atoms with van der Waals surface area (Å²) in [6, 6.07) is 16.6. The van der Waals surface area contributed by atoms with Crippen molar-refractivity contribution < 1.29 is 18.7 Å². The fourth-order valence-electron chi connectivity index (χ4n) is 2.90. The molecule has 0 bridgehead atoms. The van der Waals surface area contributed by atoms with E-state index in [-0.39, 0.29) is 17.7 Å². The molecule has 0 aliphatic heterocycles. The van der Waals surface area contributed by atoms with E-state index in [1.807, 2.05) is 64.1 Å². The molecule has 0 N–H and O–H groups in total. The Morgan fingerprint density at radius 1 is 1.04 bits per heavy atom. The molecule has 0 radical (unpaired) electrons. The molecule has 0 amide bonds. The first-order valence-electron chi connectivity index (χ1n) is 9.08. The van der Waals surface area contributed by atoms with Crippen LogP contribution in [0.5, 0.6) is 0 Å². The van der Waals surface area contributed by atoms with Crippen molar-refractivity contribution >= 4 is 22.7 Å². The van der Waals surface area contributed by atoms with E-state index in [1.54, 1.807) is 18.2 Å². The first-order chi connectivity index (χ1) is 12.7. The number of carbonyl (C=O) groups is 2. The molecule has 0 spiro atoms. The lowest BCUT2D eigenvalue weighted by Crippen LogP contribution is -2.23. The summed E-state index contributed by atoms with van der Waals surface area (Å²) < 4.78 is 11.0. The van der Waals surface area contributed by atoms with Gasteiger partial charge in [-0.1, -0.05) is 37.3 Å². The number of hydrogen-bond acceptors (Lipinski definition) is 4. The van der Waals surface area contributed by atoms with E-state index in [4.69, 9.17) is 9.15 Å². The summed E-state index contributed by atoms with van der Waals surface area (Å²) in [4.78, 5) is 24.7. The summed E-state index contributed by atoms with van der Waals surface area (Å²) in [6.07, 6.45) is 0.339. The van der Waals surface area contributed by atoms with Gasteiger partial charge in [0, 0.05) is 11.8 Å². The number of Topliss-reactive ketones (excluding diaryl/α,β-unsaturated/α-hetero) is 1. The molecule has 3 aromatic rings. The third-order valence-electron chi connectivity index (χ3n) is 4.31. The molecule has 4 nitrogen and oxygen atoms in total. The molecule has 0 saturated heterocycles. The molecule has 2 aromatic carbocycles. The maximum atomic E-state index is 12.6. The van der Waals surface area contributed by atoms with Crippen molar-refractivity contribution in [3.63, 3.8) is 0 Å². The highest BCUT2D eigenvalue weighted by Crippen LogP contribution is 2.25. The van der Waals surface area contributed by atoms with Gasteiger partial charge in [-0.05, 0) is 56.5 Å². The predicted molar refractivity (Wildman–Crippen MR) is 105 cm³/mol. The fraction of sp³-hybridized carbons (Fsp3) is 0.304. The van der Waals surface area contributed by atoms with Crippen LogP contribution in [-0.2, 0) is 4.74 Å². The number of benzene rings is 2. The van der Waals surface area contributed by atoms with Gasteiger partial charge in [0.2, 0.25) is 0 Å². The monoisotopic (exact) mass is 364 g/mol. The van der Waals surface area contributed by atoms with E-state index in [2.05, 4.69) is 0 Å². The quantitative estimate of drug-likeness (QED) is 0.426. The molecule has 0 fully saturated rings. The van der Waals surface area contributed by atoms with Crippen LogP contribution in [0.15, 0.2) is 59.0 Å². The molecule has 140 valence electrons. The summed E-state index contributed by atoms with van der Waals surface area (Å²) in [5.74, 6) is 0.0156. The van der Waals surface area contributed by atoms with Crippen LogP contribution < -0.4 is 0 Å². The van der Waals surface area contributed by atoms with Gasteiger partial charge in [0.05, 0.1) is 5.56 Å². The van der Waals surface area contributed by atoms with Crippen molar-refractivity contribution in [1.29, 1.82) is 0 Å². The van der Waals surface area contributed by atoms with Crippen LogP contribution in [0.4, 0.5) is 0 Å². The Labute approximate surface area is 159 Å². The van der Waals surface area contributed by atoms with Gasteiger partial charge in [-0.15, -0.1) is 0 Å². The largest absolute Gasteiger partial charge is 0.456 e. The summed E-state index contributed by atoms with van der Waals surface area (Å²) in [5.41, 5.74) is 1.69. The lowest BCUT2D eigenvalue weighted by atomic mass is 9.94. The highest BCUT2D eigenvalue weighted by Gasteiger charge is 2.19. The van der Waals surface area contributed by atoms with Crippen LogP contribution >= 0.6 is 0 Å². The summed E-state index contributed by atoms with van der Waals surface area (Å²) in [5, 5.41) is 0.926. The van der Waals surface area contributed by atoms with Crippen LogP contribution in [0, 0.1) is 0 Å². The number of ether oxygens (including phenoxy) is 1. The minimum Gasteiger partial charge on any atom is -0.456 e. The number of esters is 1. The second-order valence-corrected chi connectivity index (χ2v) is 7.80. The zero-order chi connectivity index (χ0) is 19.6. The van der Waals surface area contributed by atoms with E-state index in [9.17, 15) is 9.59 Å². The molecule has 4 heteroatoms. The van der Waals surface area contributed by atoms with E-state index < -0.39 is 5.60 Å². The van der Waals surface area contributed by atoms with Crippen molar-refractivity contribution in [3.05, 3.63) is 71.5 Å². The number of ketones is 1. The number of rotatable bonds is 5. The zero-order valence-electron chi connectivity index (χ0n) is 16.1. The highest BCUT2D eigenvalue weighted by molar-refractivity contribution is 5.98. The molecule has 1 heterocycles. The van der Waals surface area contributed by atoms with Crippen molar-refractivity contribution in [2.24, 2.45) is 0 Å². The molecular formula is C23H24O4. The Bertz CT molecular complexity index is 925. The van der Waals surface area contributed by atoms with E-state index in [0.717, 1.165) is 16.5 Å². The van der Waals surface area contributed by atoms with Crippen LogP contribution in [0.25, 0.3) is 11.0 Å². The molecule has 1 atom stereocenters. The van der Waals surface area contributed by atoms with Gasteiger partial charge in [-0.3, -0.25) is 4.79 Å². The summed E-state index contributed by atoms with van der Waals surface area (Å²) in [7, 11) is 0. The number of para-hydroxylation sites is 1. The summed E-state index contributed by atoms with van der Waals surface area (Å²) >= 11 is 0. The van der Waals surface area contributed by atoms with Gasteiger partial charge < -0.3 is 9.15 Å². The van der Waals surface area contributed by atoms with Gasteiger partial charge in [-0.2, -0.15) is 0 Å². The van der Waals surface area contributed by atoms with E-state index in [0.29, 0.717) is 17.7 Å². The van der Waals surface area contributed by atoms with Crippen molar-refractivity contribution in [1.82, 2.24) is 0 Å². The topological polar surface area (TPSA) is 56.5 Å². The Kier molecular flexibility index (Phi) is 5.17. The second-order valence-electron chi connectivity index (χ2n) is 7.80. The maximum Gasteiger partial charge on any atom is 0.338 e. The Morgan fingerprint density at radius 2 is 1.70 bits per heavy atom. The predicted octanol–water partition coefficient (Wildman–Crippen LogP) is 5.76. The number of furan rings is 1. The lowest BCUT2D eigenvalue weighted by molar-refractivity contribution is 0.00694. The van der Waals surface area contributed by atoms with E-state index >= 15 is 0 Å². The van der Waals surface area contributed by atoms with Crippen molar-refractivity contribution in [2.45, 2.75) is 45.6 Å². The Balaban J connectivity index is 1.67.